The molecule has 1 aliphatic rings. The van der Waals surface area contributed by atoms with Crippen LogP contribution >= 0.6 is 11.6 Å². The molecule has 2 heterocycles. The number of hydrogen-bond donors (Lipinski definition) is 2. The zero-order valence-electron chi connectivity index (χ0n) is 14.1. The van der Waals surface area contributed by atoms with Gasteiger partial charge in [-0.05, 0) is 31.4 Å². The first-order valence-electron chi connectivity index (χ1n) is 8.23. The first-order chi connectivity index (χ1) is 12.3. The van der Waals surface area contributed by atoms with E-state index in [4.69, 9.17) is 21.1 Å². The Morgan fingerprint density at radius 3 is 2.81 bits per heavy atom. The average Bonchev–Trinajstić information content (AvgIpc) is 2.60. The topological polar surface area (TPSA) is 108 Å². The number of fused-ring (bicyclic) bond motifs is 1. The lowest BCUT2D eigenvalue weighted by molar-refractivity contribution is -0.145. The van der Waals surface area contributed by atoms with Crippen molar-refractivity contribution in [3.63, 3.8) is 0 Å². The van der Waals surface area contributed by atoms with Crippen molar-refractivity contribution in [3.8, 4) is 5.75 Å². The Balaban J connectivity index is 1.91. The van der Waals surface area contributed by atoms with Gasteiger partial charge in [0.1, 0.15) is 11.3 Å². The molecule has 1 aliphatic heterocycles. The van der Waals surface area contributed by atoms with Crippen LogP contribution in [0.3, 0.4) is 0 Å². The van der Waals surface area contributed by atoms with E-state index >= 15 is 0 Å². The van der Waals surface area contributed by atoms with E-state index in [-0.39, 0.29) is 40.8 Å². The van der Waals surface area contributed by atoms with Gasteiger partial charge in [-0.2, -0.15) is 0 Å². The van der Waals surface area contributed by atoms with Gasteiger partial charge >= 0.3 is 11.6 Å². The summed E-state index contributed by atoms with van der Waals surface area (Å²) in [5, 5.41) is 19.5. The van der Waals surface area contributed by atoms with Gasteiger partial charge in [-0.25, -0.2) is 4.79 Å². The number of piperidine rings is 1. The Kier molecular flexibility index (Phi) is 4.91. The fraction of sp³-hybridized carbons (Fsp3) is 0.389. The van der Waals surface area contributed by atoms with Crippen LogP contribution in [0.25, 0.3) is 11.0 Å². The van der Waals surface area contributed by atoms with Gasteiger partial charge in [0, 0.05) is 24.5 Å². The molecule has 1 saturated heterocycles. The fourth-order valence-corrected chi connectivity index (χ4v) is 3.43. The third-order valence-corrected chi connectivity index (χ3v) is 5.11. The van der Waals surface area contributed by atoms with Gasteiger partial charge in [-0.1, -0.05) is 11.6 Å². The van der Waals surface area contributed by atoms with Gasteiger partial charge in [0.05, 0.1) is 22.9 Å². The minimum absolute atomic E-state index is 0.118. The second-order valence-corrected chi connectivity index (χ2v) is 6.89. The number of rotatable bonds is 3. The van der Waals surface area contributed by atoms with Gasteiger partial charge in [0.25, 0.3) is 0 Å². The maximum Gasteiger partial charge on any atom is 0.340 e. The van der Waals surface area contributed by atoms with E-state index < -0.39 is 17.5 Å². The number of aromatic hydroxyl groups is 1. The molecule has 7 nitrogen and oxygen atoms in total. The molecule has 1 atom stereocenters. The number of phenols is 1. The first-order valence-corrected chi connectivity index (χ1v) is 8.61. The van der Waals surface area contributed by atoms with Crippen molar-refractivity contribution in [1.29, 1.82) is 0 Å². The zero-order chi connectivity index (χ0) is 19.0. The maximum absolute atomic E-state index is 12.6. The molecule has 0 radical (unpaired) electrons. The van der Waals surface area contributed by atoms with Crippen LogP contribution < -0.4 is 5.63 Å². The SMILES string of the molecule is Cc1c(CC(=O)N2CCC[C@H](C(=O)O)C2)c(=O)oc2cc(O)c(Cl)cc12. The van der Waals surface area contributed by atoms with Crippen molar-refractivity contribution in [2.24, 2.45) is 5.92 Å². The third-order valence-electron chi connectivity index (χ3n) is 4.81. The van der Waals surface area contributed by atoms with E-state index in [1.165, 1.54) is 17.0 Å². The van der Waals surface area contributed by atoms with Gasteiger partial charge in [-0.15, -0.1) is 0 Å². The lowest BCUT2D eigenvalue weighted by Gasteiger charge is -2.30. The normalized spacial score (nSPS) is 17.5. The highest BCUT2D eigenvalue weighted by Gasteiger charge is 2.29. The Bertz CT molecular complexity index is 951. The Morgan fingerprint density at radius 1 is 1.38 bits per heavy atom. The number of likely N-dealkylation sites (tertiary alicyclic amines) is 1. The average molecular weight is 380 g/mol. The van der Waals surface area contributed by atoms with Crippen molar-refractivity contribution in [2.45, 2.75) is 26.2 Å². The van der Waals surface area contributed by atoms with Crippen LogP contribution in [0, 0.1) is 12.8 Å². The van der Waals surface area contributed by atoms with Gasteiger partial charge in [0.2, 0.25) is 5.91 Å². The maximum atomic E-state index is 12.6. The molecule has 3 rings (SSSR count). The molecule has 0 aliphatic carbocycles. The van der Waals surface area contributed by atoms with Crippen LogP contribution in [0.4, 0.5) is 0 Å². The molecule has 2 aromatic rings. The molecule has 1 aromatic heterocycles. The van der Waals surface area contributed by atoms with E-state index in [0.717, 1.165) is 0 Å². The number of amides is 1. The van der Waals surface area contributed by atoms with Crippen LogP contribution in [0.5, 0.6) is 5.75 Å². The Labute approximate surface area is 153 Å². The second-order valence-electron chi connectivity index (χ2n) is 6.49. The molecular weight excluding hydrogens is 362 g/mol. The lowest BCUT2D eigenvalue weighted by atomic mass is 9.97. The number of carboxylic acids is 1. The predicted octanol–water partition coefficient (Wildman–Crippen LogP) is 2.33. The monoisotopic (exact) mass is 379 g/mol. The summed E-state index contributed by atoms with van der Waals surface area (Å²) in [6.07, 6.45) is 0.982. The van der Waals surface area contributed by atoms with E-state index in [9.17, 15) is 19.5 Å². The molecular formula is C18H18ClNO6. The summed E-state index contributed by atoms with van der Waals surface area (Å²) >= 11 is 5.92. The van der Waals surface area contributed by atoms with E-state index in [0.29, 0.717) is 30.3 Å². The highest BCUT2D eigenvalue weighted by atomic mass is 35.5. The molecule has 1 fully saturated rings. The summed E-state index contributed by atoms with van der Waals surface area (Å²) in [5.41, 5.74) is 0.298. The number of benzene rings is 1. The van der Waals surface area contributed by atoms with E-state index in [2.05, 4.69) is 0 Å². The van der Waals surface area contributed by atoms with E-state index in [1.807, 2.05) is 0 Å². The molecule has 8 heteroatoms. The van der Waals surface area contributed by atoms with Gasteiger partial charge in [0.15, 0.2) is 0 Å². The first kappa shape index (κ1) is 18.3. The number of carbonyl (C=O) groups excluding carboxylic acids is 1. The quantitative estimate of drug-likeness (QED) is 0.792. The van der Waals surface area contributed by atoms with Crippen molar-refractivity contribution in [3.05, 3.63) is 38.7 Å². The third kappa shape index (κ3) is 3.39. The molecule has 2 N–H and O–H groups in total. The molecule has 0 saturated carbocycles. The zero-order valence-corrected chi connectivity index (χ0v) is 14.9. The molecule has 0 spiro atoms. The van der Waals surface area contributed by atoms with Crippen molar-refractivity contribution < 1.29 is 24.2 Å². The summed E-state index contributed by atoms with van der Waals surface area (Å²) in [6.45, 7) is 2.30. The van der Waals surface area contributed by atoms with Crippen molar-refractivity contribution in [2.75, 3.05) is 13.1 Å². The standard InChI is InChI=1S/C18H18ClNO6/c1-9-11-5-13(19)14(21)7-15(11)26-18(25)12(9)6-16(22)20-4-2-3-10(8-20)17(23)24/h5,7,10,21H,2-4,6,8H2,1H3,(H,23,24)/t10-/m0/s1. The summed E-state index contributed by atoms with van der Waals surface area (Å²) in [5.74, 6) is -2.00. The van der Waals surface area contributed by atoms with Crippen molar-refractivity contribution >= 4 is 34.4 Å². The predicted molar refractivity (Wildman–Crippen MR) is 94.5 cm³/mol. The highest BCUT2D eigenvalue weighted by molar-refractivity contribution is 6.32. The van der Waals surface area contributed by atoms with Crippen LogP contribution in [0.15, 0.2) is 21.3 Å². The van der Waals surface area contributed by atoms with Gasteiger partial charge < -0.3 is 19.5 Å². The summed E-state index contributed by atoms with van der Waals surface area (Å²) in [4.78, 5) is 37.5. The Hall–Kier alpha value is -2.54. The van der Waals surface area contributed by atoms with Crippen LogP contribution in [-0.4, -0.2) is 40.1 Å². The summed E-state index contributed by atoms with van der Waals surface area (Å²) in [6, 6.07) is 2.75. The van der Waals surface area contributed by atoms with Crippen LogP contribution in [-0.2, 0) is 16.0 Å². The molecule has 26 heavy (non-hydrogen) atoms. The number of phenolic OH excluding ortho intramolecular Hbond substituents is 1. The summed E-state index contributed by atoms with van der Waals surface area (Å²) in [7, 11) is 0. The Morgan fingerprint density at radius 2 is 2.12 bits per heavy atom. The van der Waals surface area contributed by atoms with Crippen LogP contribution in [0.2, 0.25) is 5.02 Å². The highest BCUT2D eigenvalue weighted by Crippen LogP contribution is 2.31. The largest absolute Gasteiger partial charge is 0.506 e. The lowest BCUT2D eigenvalue weighted by Crippen LogP contribution is -2.43. The van der Waals surface area contributed by atoms with E-state index in [1.54, 1.807) is 6.92 Å². The number of aliphatic carboxylic acids is 1. The number of carboxylic acid groups (broad SMARTS) is 1. The smallest absolute Gasteiger partial charge is 0.340 e. The molecule has 0 unspecified atom stereocenters. The minimum atomic E-state index is -0.918. The second kappa shape index (κ2) is 6.99. The minimum Gasteiger partial charge on any atom is -0.506 e. The molecule has 138 valence electrons. The van der Waals surface area contributed by atoms with Crippen LogP contribution in [0.1, 0.15) is 24.0 Å². The van der Waals surface area contributed by atoms with Gasteiger partial charge in [-0.3, -0.25) is 9.59 Å². The number of carbonyl (C=O) groups is 2. The molecule has 1 aromatic carbocycles. The van der Waals surface area contributed by atoms with Crippen molar-refractivity contribution in [1.82, 2.24) is 4.90 Å². The molecule has 1 amide bonds. The number of nitrogens with zero attached hydrogens (tertiary/aromatic N) is 1. The fourth-order valence-electron chi connectivity index (χ4n) is 3.27. The number of halogens is 1. The summed E-state index contributed by atoms with van der Waals surface area (Å²) < 4.78 is 5.22. The number of aryl methyl sites for hydroxylation is 1. The number of hydrogen-bond acceptors (Lipinski definition) is 5. The molecule has 0 bridgehead atoms.